The number of aromatic nitrogens is 1. The van der Waals surface area contributed by atoms with Gasteiger partial charge in [0.05, 0.1) is 17.4 Å². The van der Waals surface area contributed by atoms with Crippen molar-refractivity contribution in [3.63, 3.8) is 0 Å². The highest BCUT2D eigenvalue weighted by molar-refractivity contribution is 5.95. The number of carbonyl (C=O) groups excluding carboxylic acids is 2. The minimum Gasteiger partial charge on any atom is -0.482 e. The Balaban J connectivity index is 1.60. The smallest absolute Gasteiger partial charge is 0.262 e. The molecule has 7 heteroatoms. The highest BCUT2D eigenvalue weighted by Crippen LogP contribution is 2.30. The summed E-state index contributed by atoms with van der Waals surface area (Å²) in [5.41, 5.74) is 3.33. The molecule has 0 spiro atoms. The van der Waals surface area contributed by atoms with Crippen LogP contribution in [0.25, 0.3) is 0 Å². The Morgan fingerprint density at radius 3 is 2.92 bits per heavy atom. The third kappa shape index (κ3) is 3.81. The first kappa shape index (κ1) is 17.0. The summed E-state index contributed by atoms with van der Waals surface area (Å²) in [6.07, 6.45) is 0.950. The molecule has 0 saturated heterocycles. The standard InChI is InChI=1S/C18H21N3O4/c1-10(13-4-6-16-15(8-13)20-18(23)9-24-16)19-17(22)7-5-14-11(2)21-25-12(14)3/h4,6,8,10H,5,7,9H2,1-3H3,(H,19,22)(H,20,23)/t10-/m0/s1. The topological polar surface area (TPSA) is 93.5 Å². The molecular weight excluding hydrogens is 322 g/mol. The summed E-state index contributed by atoms with van der Waals surface area (Å²) >= 11 is 0. The highest BCUT2D eigenvalue weighted by atomic mass is 16.5. The lowest BCUT2D eigenvalue weighted by molar-refractivity contribution is -0.121. The minimum absolute atomic E-state index is 0.0281. The van der Waals surface area contributed by atoms with Gasteiger partial charge in [-0.15, -0.1) is 0 Å². The molecule has 25 heavy (non-hydrogen) atoms. The Hall–Kier alpha value is -2.83. The summed E-state index contributed by atoms with van der Waals surface area (Å²) in [6, 6.07) is 5.33. The van der Waals surface area contributed by atoms with E-state index < -0.39 is 0 Å². The fourth-order valence-corrected chi connectivity index (χ4v) is 2.86. The van der Waals surface area contributed by atoms with Gasteiger partial charge in [0.1, 0.15) is 11.5 Å². The van der Waals surface area contributed by atoms with E-state index in [-0.39, 0.29) is 24.5 Å². The summed E-state index contributed by atoms with van der Waals surface area (Å²) in [6.45, 7) is 5.65. The molecule has 1 aromatic heterocycles. The van der Waals surface area contributed by atoms with Gasteiger partial charge in [0.25, 0.3) is 5.91 Å². The van der Waals surface area contributed by atoms with Crippen LogP contribution in [0.5, 0.6) is 5.75 Å². The first-order valence-electron chi connectivity index (χ1n) is 8.21. The van der Waals surface area contributed by atoms with E-state index in [1.165, 1.54) is 0 Å². The number of rotatable bonds is 5. The first-order chi connectivity index (χ1) is 11.9. The molecule has 7 nitrogen and oxygen atoms in total. The molecule has 3 rings (SSSR count). The number of amides is 2. The Labute approximate surface area is 145 Å². The number of hydrogen-bond acceptors (Lipinski definition) is 5. The zero-order chi connectivity index (χ0) is 18.0. The Morgan fingerprint density at radius 2 is 2.20 bits per heavy atom. The maximum atomic E-state index is 12.2. The molecule has 2 heterocycles. The summed E-state index contributed by atoms with van der Waals surface area (Å²) < 4.78 is 10.5. The van der Waals surface area contributed by atoms with Gasteiger partial charge in [-0.1, -0.05) is 11.2 Å². The quantitative estimate of drug-likeness (QED) is 0.870. The summed E-state index contributed by atoms with van der Waals surface area (Å²) in [7, 11) is 0. The second-order valence-electron chi connectivity index (χ2n) is 6.18. The second kappa shape index (κ2) is 6.96. The van der Waals surface area contributed by atoms with Crippen molar-refractivity contribution in [1.29, 1.82) is 0 Å². The van der Waals surface area contributed by atoms with Crippen LogP contribution in [0.2, 0.25) is 0 Å². The van der Waals surface area contributed by atoms with Gasteiger partial charge in [0, 0.05) is 12.0 Å². The lowest BCUT2D eigenvalue weighted by Crippen LogP contribution is -2.28. The van der Waals surface area contributed by atoms with Gasteiger partial charge in [-0.2, -0.15) is 0 Å². The highest BCUT2D eigenvalue weighted by Gasteiger charge is 2.18. The maximum Gasteiger partial charge on any atom is 0.262 e. The van der Waals surface area contributed by atoms with Gasteiger partial charge in [0.15, 0.2) is 6.61 Å². The molecule has 0 aliphatic carbocycles. The molecule has 1 aromatic carbocycles. The lowest BCUT2D eigenvalue weighted by atomic mass is 10.1. The Kier molecular flexibility index (Phi) is 4.74. The maximum absolute atomic E-state index is 12.2. The van der Waals surface area contributed by atoms with E-state index >= 15 is 0 Å². The molecule has 132 valence electrons. The van der Waals surface area contributed by atoms with E-state index in [0.29, 0.717) is 24.3 Å². The molecule has 1 aliphatic heterocycles. The normalized spacial score (nSPS) is 14.3. The number of carbonyl (C=O) groups is 2. The number of nitrogens with zero attached hydrogens (tertiary/aromatic N) is 1. The summed E-state index contributed by atoms with van der Waals surface area (Å²) in [5.74, 6) is 1.16. The van der Waals surface area contributed by atoms with Crippen molar-refractivity contribution < 1.29 is 18.8 Å². The molecular formula is C18H21N3O4. The van der Waals surface area contributed by atoms with Gasteiger partial charge in [0.2, 0.25) is 5.91 Å². The van der Waals surface area contributed by atoms with Crippen LogP contribution in [-0.4, -0.2) is 23.6 Å². The van der Waals surface area contributed by atoms with Crippen molar-refractivity contribution in [3.05, 3.63) is 40.8 Å². The predicted octanol–water partition coefficient (Wildman–Crippen LogP) is 2.43. The third-order valence-corrected chi connectivity index (χ3v) is 4.30. The summed E-state index contributed by atoms with van der Waals surface area (Å²) in [4.78, 5) is 23.6. The molecule has 0 bridgehead atoms. The van der Waals surface area contributed by atoms with Gasteiger partial charge >= 0.3 is 0 Å². The van der Waals surface area contributed by atoms with Crippen LogP contribution in [0.15, 0.2) is 22.7 Å². The van der Waals surface area contributed by atoms with Crippen molar-refractivity contribution in [1.82, 2.24) is 10.5 Å². The number of anilines is 1. The number of hydrogen-bond donors (Lipinski definition) is 2. The van der Waals surface area contributed by atoms with E-state index in [1.807, 2.05) is 32.9 Å². The average molecular weight is 343 g/mol. The van der Waals surface area contributed by atoms with Gasteiger partial charge < -0.3 is 19.9 Å². The van der Waals surface area contributed by atoms with Crippen molar-refractivity contribution >= 4 is 17.5 Å². The SMILES string of the molecule is Cc1noc(C)c1CCC(=O)N[C@@H](C)c1ccc2c(c1)NC(=O)CO2. The first-order valence-corrected chi connectivity index (χ1v) is 8.21. The van der Waals surface area contributed by atoms with Gasteiger partial charge in [-0.25, -0.2) is 0 Å². The molecule has 0 saturated carbocycles. The van der Waals surface area contributed by atoms with E-state index in [2.05, 4.69) is 15.8 Å². The van der Waals surface area contributed by atoms with Gasteiger partial charge in [-0.3, -0.25) is 9.59 Å². The van der Waals surface area contributed by atoms with Crippen LogP contribution in [0.4, 0.5) is 5.69 Å². The molecule has 0 radical (unpaired) electrons. The molecule has 1 aliphatic rings. The largest absolute Gasteiger partial charge is 0.482 e. The number of benzene rings is 1. The lowest BCUT2D eigenvalue weighted by Gasteiger charge is -2.21. The Morgan fingerprint density at radius 1 is 1.40 bits per heavy atom. The molecule has 0 fully saturated rings. The molecule has 2 aromatic rings. The number of aryl methyl sites for hydroxylation is 2. The number of nitrogens with one attached hydrogen (secondary N) is 2. The molecule has 2 N–H and O–H groups in total. The molecule has 2 amide bonds. The van der Waals surface area contributed by atoms with E-state index in [4.69, 9.17) is 9.26 Å². The summed E-state index contributed by atoms with van der Waals surface area (Å²) in [5, 5.41) is 9.64. The minimum atomic E-state index is -0.180. The van der Waals surface area contributed by atoms with Crippen LogP contribution in [0.1, 0.15) is 42.0 Å². The average Bonchev–Trinajstić information content (AvgIpc) is 2.90. The fraction of sp³-hybridized carbons (Fsp3) is 0.389. The van der Waals surface area contributed by atoms with Crippen LogP contribution < -0.4 is 15.4 Å². The number of fused-ring (bicyclic) bond motifs is 1. The molecule has 1 atom stereocenters. The van der Waals surface area contributed by atoms with Crippen LogP contribution in [-0.2, 0) is 16.0 Å². The number of ether oxygens (including phenoxy) is 1. The monoisotopic (exact) mass is 343 g/mol. The van der Waals surface area contributed by atoms with Crippen molar-refractivity contribution in [3.8, 4) is 5.75 Å². The second-order valence-corrected chi connectivity index (χ2v) is 6.18. The zero-order valence-electron chi connectivity index (χ0n) is 14.5. The van der Waals surface area contributed by atoms with Gasteiger partial charge in [-0.05, 0) is 44.9 Å². The molecule has 0 unspecified atom stereocenters. The van der Waals surface area contributed by atoms with Crippen molar-refractivity contribution in [2.24, 2.45) is 0 Å². The van der Waals surface area contributed by atoms with Crippen LogP contribution in [0.3, 0.4) is 0 Å². The van der Waals surface area contributed by atoms with E-state index in [1.54, 1.807) is 6.07 Å². The third-order valence-electron chi connectivity index (χ3n) is 4.30. The van der Waals surface area contributed by atoms with Crippen LogP contribution >= 0.6 is 0 Å². The van der Waals surface area contributed by atoms with E-state index in [9.17, 15) is 9.59 Å². The fourth-order valence-electron chi connectivity index (χ4n) is 2.86. The van der Waals surface area contributed by atoms with Crippen LogP contribution in [0, 0.1) is 13.8 Å². The Bertz CT molecular complexity index is 793. The van der Waals surface area contributed by atoms with E-state index in [0.717, 1.165) is 22.6 Å². The predicted molar refractivity (Wildman–Crippen MR) is 91.4 cm³/mol. The zero-order valence-corrected chi connectivity index (χ0v) is 14.5. The van der Waals surface area contributed by atoms with Crippen molar-refractivity contribution in [2.75, 3.05) is 11.9 Å². The van der Waals surface area contributed by atoms with Crippen molar-refractivity contribution in [2.45, 2.75) is 39.7 Å².